The van der Waals surface area contributed by atoms with E-state index in [0.29, 0.717) is 0 Å². The van der Waals surface area contributed by atoms with E-state index in [1.54, 1.807) is 6.92 Å². The maximum atomic E-state index is 8.55. The Morgan fingerprint density at radius 1 is 1.27 bits per heavy atom. The van der Waals surface area contributed by atoms with Gasteiger partial charge in [-0.3, -0.25) is 0 Å². The van der Waals surface area contributed by atoms with Crippen molar-refractivity contribution in [3.05, 3.63) is 0 Å². The third-order valence-electron chi connectivity index (χ3n) is 0.721. The van der Waals surface area contributed by atoms with Crippen LogP contribution in [0.2, 0.25) is 0 Å². The van der Waals surface area contributed by atoms with Gasteiger partial charge in [0, 0.05) is 7.11 Å². The fourth-order valence-electron chi connectivity index (χ4n) is 0.333. The third-order valence-corrected chi connectivity index (χ3v) is 0.721. The second kappa shape index (κ2) is 13.9. The Morgan fingerprint density at radius 2 is 1.64 bits per heavy atom. The molecular weight excluding hydrogens is 157 g/mol. The van der Waals surface area contributed by atoms with Gasteiger partial charge in [0.25, 0.3) is 0 Å². The molecule has 62 valence electrons. The number of methoxy groups -OCH3 is 1. The molecule has 11 heavy (non-hydrogen) atoms. The molecule has 0 radical (unpaired) electrons. The van der Waals surface area contributed by atoms with E-state index in [1.807, 2.05) is 0 Å². The van der Waals surface area contributed by atoms with E-state index in [1.165, 1.54) is 14.0 Å². The van der Waals surface area contributed by atoms with Gasteiger partial charge < -0.3 is 17.4 Å². The van der Waals surface area contributed by atoms with Gasteiger partial charge in [0.15, 0.2) is 12.6 Å². The molecule has 0 rings (SSSR count). The number of hydrogen-bond acceptors (Lipinski definition) is 3. The van der Waals surface area contributed by atoms with E-state index >= 15 is 0 Å². The van der Waals surface area contributed by atoms with Crippen molar-refractivity contribution in [1.29, 1.82) is 0 Å². The van der Waals surface area contributed by atoms with Crippen molar-refractivity contribution in [3.63, 3.8) is 0 Å². The van der Waals surface area contributed by atoms with E-state index < -0.39 is 6.29 Å². The van der Waals surface area contributed by atoms with Gasteiger partial charge in [-0.15, -0.1) is 12.4 Å². The smallest absolute Gasteiger partial charge is 1.00 e. The van der Waals surface area contributed by atoms with Gasteiger partial charge in [-0.05, 0) is 13.8 Å². The van der Waals surface area contributed by atoms with Crippen LogP contribution in [-0.4, -0.2) is 24.8 Å². The zero-order valence-electron chi connectivity index (χ0n) is 9.83. The van der Waals surface area contributed by atoms with Crippen LogP contribution < -0.4 is 37.7 Å². The van der Waals surface area contributed by atoms with E-state index in [-0.39, 0.29) is 59.3 Å². The van der Waals surface area contributed by atoms with Crippen molar-refractivity contribution in [3.8, 4) is 0 Å². The standard InChI is InChI=1S/C5H12O3.ClH.2Li.2H/c1-4(6)8-5(2)7-3;;;;;/h4-6H,1-3H3;1H;;;;/q;;2*+1;2*-1. The van der Waals surface area contributed by atoms with Gasteiger partial charge in [0.2, 0.25) is 0 Å². The van der Waals surface area contributed by atoms with Crippen molar-refractivity contribution in [2.45, 2.75) is 26.4 Å². The molecule has 0 aromatic carbocycles. The van der Waals surface area contributed by atoms with E-state index in [9.17, 15) is 0 Å². The summed E-state index contributed by atoms with van der Waals surface area (Å²) in [5.41, 5.74) is 0. The molecule has 0 aliphatic rings. The van der Waals surface area contributed by atoms with Crippen molar-refractivity contribution in [1.82, 2.24) is 0 Å². The zero-order valence-corrected chi connectivity index (χ0v) is 8.64. The van der Waals surface area contributed by atoms with Crippen LogP contribution in [-0.2, 0) is 9.47 Å². The van der Waals surface area contributed by atoms with E-state index in [4.69, 9.17) is 9.84 Å². The molecule has 2 unspecified atom stereocenters. The van der Waals surface area contributed by atoms with Crippen LogP contribution in [0.5, 0.6) is 0 Å². The monoisotopic (exact) mass is 172 g/mol. The Bertz CT molecular complexity index is 73.7. The molecule has 0 aromatic heterocycles. The van der Waals surface area contributed by atoms with Crippen molar-refractivity contribution >= 4 is 12.4 Å². The molecule has 6 heteroatoms. The largest absolute Gasteiger partial charge is 1.00 e. The van der Waals surface area contributed by atoms with Crippen molar-refractivity contribution < 1.29 is 55.2 Å². The molecule has 0 aromatic rings. The molecule has 3 nitrogen and oxygen atoms in total. The Balaban J connectivity index is -0.0000000245. The number of ether oxygens (including phenoxy) is 2. The zero-order chi connectivity index (χ0) is 6.57. The van der Waals surface area contributed by atoms with Gasteiger partial charge in [0.05, 0.1) is 0 Å². The number of halogens is 1. The maximum Gasteiger partial charge on any atom is 1.00 e. The van der Waals surface area contributed by atoms with Gasteiger partial charge in [-0.2, -0.15) is 0 Å². The molecular formula is C5H15ClLi2O3. The molecule has 0 heterocycles. The summed E-state index contributed by atoms with van der Waals surface area (Å²) in [5, 5.41) is 8.55. The summed E-state index contributed by atoms with van der Waals surface area (Å²) in [6.45, 7) is 3.25. The summed E-state index contributed by atoms with van der Waals surface area (Å²) >= 11 is 0. The topological polar surface area (TPSA) is 38.7 Å². The van der Waals surface area contributed by atoms with Crippen LogP contribution in [0.3, 0.4) is 0 Å². The summed E-state index contributed by atoms with van der Waals surface area (Å²) < 4.78 is 9.41. The van der Waals surface area contributed by atoms with Crippen LogP contribution in [0.15, 0.2) is 0 Å². The number of hydrogen-bond donors (Lipinski definition) is 1. The summed E-state index contributed by atoms with van der Waals surface area (Å²) in [7, 11) is 1.52. The first-order valence-corrected chi connectivity index (χ1v) is 2.53. The molecule has 1 N–H and O–H groups in total. The Hall–Kier alpha value is 1.36. The SMILES string of the molecule is COC(C)OC(C)O.Cl.[H-].[H-].[Li+].[Li+]. The minimum atomic E-state index is -0.745. The average Bonchev–Trinajstić information content (AvgIpc) is 1.65. The Morgan fingerprint density at radius 3 is 1.73 bits per heavy atom. The second-order valence-electron chi connectivity index (χ2n) is 1.54. The van der Waals surface area contributed by atoms with E-state index in [0.717, 1.165) is 0 Å². The van der Waals surface area contributed by atoms with Crippen molar-refractivity contribution in [2.75, 3.05) is 7.11 Å². The molecule has 0 spiro atoms. The summed E-state index contributed by atoms with van der Waals surface area (Å²) in [5.74, 6) is 0. The third kappa shape index (κ3) is 18.4. The average molecular weight is 173 g/mol. The normalized spacial score (nSPS) is 13.1. The molecule has 0 saturated heterocycles. The first kappa shape index (κ1) is 22.8. The minimum absolute atomic E-state index is 0. The van der Waals surface area contributed by atoms with Crippen LogP contribution in [0, 0.1) is 0 Å². The number of rotatable bonds is 3. The fourth-order valence-corrected chi connectivity index (χ4v) is 0.333. The second-order valence-corrected chi connectivity index (χ2v) is 1.54. The summed E-state index contributed by atoms with van der Waals surface area (Å²) in [6.07, 6.45) is -1.07. The first-order chi connectivity index (χ1) is 3.66. The van der Waals surface area contributed by atoms with E-state index in [2.05, 4.69) is 4.74 Å². The van der Waals surface area contributed by atoms with Crippen LogP contribution in [0.4, 0.5) is 0 Å². The molecule has 0 saturated carbocycles. The van der Waals surface area contributed by atoms with Crippen LogP contribution in [0.1, 0.15) is 16.7 Å². The molecule has 0 aliphatic heterocycles. The first-order valence-electron chi connectivity index (χ1n) is 2.53. The van der Waals surface area contributed by atoms with Gasteiger partial charge in [-0.1, -0.05) is 0 Å². The molecule has 0 bridgehead atoms. The minimum Gasteiger partial charge on any atom is -1.00 e. The van der Waals surface area contributed by atoms with Crippen LogP contribution >= 0.6 is 12.4 Å². The van der Waals surface area contributed by atoms with Gasteiger partial charge in [0.1, 0.15) is 0 Å². The molecule has 0 fully saturated rings. The fraction of sp³-hybridized carbons (Fsp3) is 1.00. The molecule has 0 amide bonds. The van der Waals surface area contributed by atoms with Crippen molar-refractivity contribution in [2.24, 2.45) is 0 Å². The van der Waals surface area contributed by atoms with Gasteiger partial charge in [-0.25, -0.2) is 0 Å². The summed E-state index contributed by atoms with van der Waals surface area (Å²) in [4.78, 5) is 0. The number of aliphatic hydroxyl groups excluding tert-OH is 1. The maximum absolute atomic E-state index is 8.55. The molecule has 2 atom stereocenters. The Kier molecular flexibility index (Phi) is 28.9. The van der Waals surface area contributed by atoms with Gasteiger partial charge >= 0.3 is 37.7 Å². The summed E-state index contributed by atoms with van der Waals surface area (Å²) in [6, 6.07) is 0. The predicted octanol–water partition coefficient (Wildman–Crippen LogP) is -5.01. The number of aliphatic hydroxyl groups is 1. The quantitative estimate of drug-likeness (QED) is 0.342. The predicted molar refractivity (Wildman–Crippen MR) is 38.7 cm³/mol. The molecule has 0 aliphatic carbocycles. The van der Waals surface area contributed by atoms with Crippen LogP contribution in [0.25, 0.3) is 0 Å². The Labute approximate surface area is 101 Å².